The van der Waals surface area contributed by atoms with Gasteiger partial charge in [0.25, 0.3) is 5.56 Å². The smallest absolute Gasteiger partial charge is 0.267 e. The van der Waals surface area contributed by atoms with E-state index in [9.17, 15) is 9.59 Å². The summed E-state index contributed by atoms with van der Waals surface area (Å²) in [5, 5.41) is 7.51. The second kappa shape index (κ2) is 7.44. The van der Waals surface area contributed by atoms with Gasteiger partial charge in [0, 0.05) is 17.7 Å². The third-order valence-corrected chi connectivity index (χ3v) is 4.93. The van der Waals surface area contributed by atoms with Gasteiger partial charge in [0.05, 0.1) is 5.69 Å². The Bertz CT molecular complexity index is 864. The minimum Gasteiger partial charge on any atom is -0.352 e. The fourth-order valence-electron chi connectivity index (χ4n) is 3.52. The van der Waals surface area contributed by atoms with Crippen LogP contribution in [0.25, 0.3) is 11.1 Å². The Hall–Kier alpha value is -2.43. The summed E-state index contributed by atoms with van der Waals surface area (Å²) >= 11 is 0. The third-order valence-electron chi connectivity index (χ3n) is 4.93. The van der Waals surface area contributed by atoms with Gasteiger partial charge in [0.1, 0.15) is 6.54 Å². The number of nitrogens with zero attached hydrogens (tertiary/aromatic N) is 2. The largest absolute Gasteiger partial charge is 0.352 e. The van der Waals surface area contributed by atoms with E-state index in [1.165, 1.54) is 4.68 Å². The molecule has 1 heterocycles. The topological polar surface area (TPSA) is 64.0 Å². The molecule has 1 N–H and O–H groups in total. The summed E-state index contributed by atoms with van der Waals surface area (Å²) in [6.07, 6.45) is 2.02. The second-order valence-electron chi connectivity index (χ2n) is 7.80. The van der Waals surface area contributed by atoms with Crippen molar-refractivity contribution in [1.29, 1.82) is 0 Å². The lowest BCUT2D eigenvalue weighted by atomic mass is 9.82. The summed E-state index contributed by atoms with van der Waals surface area (Å²) in [5.41, 5.74) is 3.55. The maximum absolute atomic E-state index is 12.6. The third kappa shape index (κ3) is 4.03. The minimum absolute atomic E-state index is 0.0302. The highest BCUT2D eigenvalue weighted by atomic mass is 16.2. The van der Waals surface area contributed by atoms with Gasteiger partial charge in [-0.15, -0.1) is 0 Å². The SMILES string of the molecule is Cc1cccc(-c2cc(=O)n(CC(=O)NC3CC(C)C3)nc2C(C)C)c1. The van der Waals surface area contributed by atoms with Crippen LogP contribution in [0.1, 0.15) is 50.8 Å². The van der Waals surface area contributed by atoms with E-state index < -0.39 is 0 Å². The molecule has 5 heteroatoms. The molecule has 5 nitrogen and oxygen atoms in total. The van der Waals surface area contributed by atoms with E-state index in [4.69, 9.17) is 0 Å². The monoisotopic (exact) mass is 353 g/mol. The van der Waals surface area contributed by atoms with E-state index in [1.54, 1.807) is 6.07 Å². The molecule has 3 rings (SSSR count). The Morgan fingerprint density at radius 2 is 2.04 bits per heavy atom. The molecule has 1 aromatic carbocycles. The number of nitrogens with one attached hydrogen (secondary N) is 1. The van der Waals surface area contributed by atoms with Crippen LogP contribution in [0.4, 0.5) is 0 Å². The molecule has 1 saturated carbocycles. The van der Waals surface area contributed by atoms with Crippen molar-refractivity contribution in [2.75, 3.05) is 0 Å². The number of hydrogen-bond acceptors (Lipinski definition) is 3. The molecular weight excluding hydrogens is 326 g/mol. The molecule has 0 saturated heterocycles. The molecule has 1 aliphatic carbocycles. The molecule has 0 radical (unpaired) electrons. The highest BCUT2D eigenvalue weighted by molar-refractivity contribution is 5.76. The number of aromatic nitrogens is 2. The van der Waals surface area contributed by atoms with Gasteiger partial charge >= 0.3 is 0 Å². The molecule has 1 aromatic heterocycles. The maximum Gasteiger partial charge on any atom is 0.267 e. The Kier molecular flexibility index (Phi) is 5.25. The first-order chi connectivity index (χ1) is 12.3. The normalized spacial score (nSPS) is 19.3. The highest BCUT2D eigenvalue weighted by Crippen LogP contribution is 2.27. The van der Waals surface area contributed by atoms with Crippen molar-refractivity contribution in [2.45, 2.75) is 59.0 Å². The number of carbonyl (C=O) groups is 1. The molecule has 0 unspecified atom stereocenters. The standard InChI is InChI=1S/C21H27N3O2/c1-13(2)21-18(16-7-5-6-14(3)8-16)11-20(26)24(23-21)12-19(25)22-17-9-15(4)10-17/h5-8,11,13,15,17H,9-10,12H2,1-4H3,(H,22,25). The van der Waals surface area contributed by atoms with Crippen molar-refractivity contribution in [3.8, 4) is 11.1 Å². The van der Waals surface area contributed by atoms with E-state index in [0.717, 1.165) is 35.2 Å². The van der Waals surface area contributed by atoms with Crippen LogP contribution in [0.2, 0.25) is 0 Å². The van der Waals surface area contributed by atoms with Gasteiger partial charge < -0.3 is 5.32 Å². The van der Waals surface area contributed by atoms with Crippen molar-refractivity contribution < 1.29 is 4.79 Å². The van der Waals surface area contributed by atoms with Gasteiger partial charge in [-0.2, -0.15) is 5.10 Å². The zero-order chi connectivity index (χ0) is 18.8. The Morgan fingerprint density at radius 3 is 2.65 bits per heavy atom. The molecule has 0 spiro atoms. The number of hydrogen-bond donors (Lipinski definition) is 1. The first kappa shape index (κ1) is 18.4. The van der Waals surface area contributed by atoms with E-state index in [2.05, 4.69) is 23.4 Å². The molecule has 1 fully saturated rings. The number of amides is 1. The second-order valence-corrected chi connectivity index (χ2v) is 7.80. The number of aryl methyl sites for hydroxylation is 1. The maximum atomic E-state index is 12.6. The lowest BCUT2D eigenvalue weighted by Crippen LogP contribution is -2.45. The average molecular weight is 353 g/mol. The quantitative estimate of drug-likeness (QED) is 0.897. The van der Waals surface area contributed by atoms with Crippen LogP contribution < -0.4 is 10.9 Å². The highest BCUT2D eigenvalue weighted by Gasteiger charge is 2.26. The van der Waals surface area contributed by atoms with E-state index >= 15 is 0 Å². The molecule has 0 aliphatic heterocycles. The zero-order valence-electron chi connectivity index (χ0n) is 16.0. The van der Waals surface area contributed by atoms with Crippen molar-refractivity contribution in [2.24, 2.45) is 5.92 Å². The summed E-state index contributed by atoms with van der Waals surface area (Å²) in [7, 11) is 0. The van der Waals surface area contributed by atoms with Gasteiger partial charge in [-0.1, -0.05) is 50.6 Å². The predicted octanol–water partition coefficient (Wildman–Crippen LogP) is 3.26. The number of carbonyl (C=O) groups excluding carboxylic acids is 1. The fraction of sp³-hybridized carbons (Fsp3) is 0.476. The van der Waals surface area contributed by atoms with Gasteiger partial charge in [0.2, 0.25) is 5.91 Å². The fourth-order valence-corrected chi connectivity index (χ4v) is 3.52. The van der Waals surface area contributed by atoms with Crippen molar-refractivity contribution >= 4 is 5.91 Å². The lowest BCUT2D eigenvalue weighted by Gasteiger charge is -2.33. The minimum atomic E-state index is -0.247. The molecule has 0 bridgehead atoms. The molecule has 1 aliphatic rings. The van der Waals surface area contributed by atoms with Gasteiger partial charge in [-0.3, -0.25) is 9.59 Å². The Labute approximate surface area is 154 Å². The molecule has 138 valence electrons. The zero-order valence-corrected chi connectivity index (χ0v) is 16.0. The van der Waals surface area contributed by atoms with Crippen LogP contribution in [0, 0.1) is 12.8 Å². The molecular formula is C21H27N3O2. The summed E-state index contributed by atoms with van der Waals surface area (Å²) in [5.74, 6) is 0.671. The summed E-state index contributed by atoms with van der Waals surface area (Å²) < 4.78 is 1.28. The average Bonchev–Trinajstić information content (AvgIpc) is 2.54. The van der Waals surface area contributed by atoms with Gasteiger partial charge in [0.15, 0.2) is 0 Å². The summed E-state index contributed by atoms with van der Waals surface area (Å²) in [4.78, 5) is 24.8. The lowest BCUT2D eigenvalue weighted by molar-refractivity contribution is -0.123. The first-order valence-electron chi connectivity index (χ1n) is 9.32. The van der Waals surface area contributed by atoms with Crippen molar-refractivity contribution in [3.05, 3.63) is 51.9 Å². The molecule has 2 aromatic rings. The van der Waals surface area contributed by atoms with Crippen LogP contribution in [0.5, 0.6) is 0 Å². The van der Waals surface area contributed by atoms with Crippen LogP contribution in [-0.2, 0) is 11.3 Å². The Balaban J connectivity index is 1.87. The van der Waals surface area contributed by atoms with E-state index in [1.807, 2.05) is 39.0 Å². The van der Waals surface area contributed by atoms with Crippen molar-refractivity contribution in [1.82, 2.24) is 15.1 Å². The Morgan fingerprint density at radius 1 is 1.31 bits per heavy atom. The molecule has 0 atom stereocenters. The summed E-state index contributed by atoms with van der Waals surface area (Å²) in [6.45, 7) is 8.27. The first-order valence-corrected chi connectivity index (χ1v) is 9.32. The number of rotatable bonds is 5. The van der Waals surface area contributed by atoms with Crippen LogP contribution in [0.3, 0.4) is 0 Å². The van der Waals surface area contributed by atoms with Gasteiger partial charge in [-0.05, 0) is 37.2 Å². The van der Waals surface area contributed by atoms with E-state index in [0.29, 0.717) is 5.92 Å². The number of benzene rings is 1. The summed E-state index contributed by atoms with van der Waals surface area (Å²) in [6, 6.07) is 9.90. The molecule has 26 heavy (non-hydrogen) atoms. The van der Waals surface area contributed by atoms with Crippen LogP contribution >= 0.6 is 0 Å². The van der Waals surface area contributed by atoms with E-state index in [-0.39, 0.29) is 30.0 Å². The van der Waals surface area contributed by atoms with Gasteiger partial charge in [-0.25, -0.2) is 4.68 Å². The molecule has 1 amide bonds. The van der Waals surface area contributed by atoms with Crippen LogP contribution in [-0.4, -0.2) is 21.7 Å². The van der Waals surface area contributed by atoms with Crippen LogP contribution in [0.15, 0.2) is 35.1 Å². The predicted molar refractivity (Wildman–Crippen MR) is 103 cm³/mol. The van der Waals surface area contributed by atoms with Crippen molar-refractivity contribution in [3.63, 3.8) is 0 Å².